The molecule has 3 heterocycles. The Morgan fingerprint density at radius 3 is 2.81 bits per heavy atom. The molecule has 3 N–H and O–H groups in total. The zero-order chi connectivity index (χ0) is 17.9. The quantitative estimate of drug-likeness (QED) is 0.851. The number of rotatable bonds is 3. The number of nitrogens with one attached hydrogen (secondary N) is 1. The lowest BCUT2D eigenvalue weighted by Crippen LogP contribution is -2.48. The van der Waals surface area contributed by atoms with Gasteiger partial charge < -0.3 is 16.0 Å². The Labute approximate surface area is 152 Å². The molecule has 1 aliphatic carbocycles. The highest BCUT2D eigenvalue weighted by atomic mass is 16.2. The van der Waals surface area contributed by atoms with Crippen LogP contribution in [0.2, 0.25) is 0 Å². The predicted octanol–water partition coefficient (Wildman–Crippen LogP) is 1.13. The van der Waals surface area contributed by atoms with E-state index < -0.39 is 0 Å². The number of aryl methyl sites for hydroxylation is 1. The second kappa shape index (κ2) is 7.23. The van der Waals surface area contributed by atoms with Crippen LogP contribution in [0.5, 0.6) is 0 Å². The monoisotopic (exact) mass is 353 g/mol. The first-order chi connectivity index (χ1) is 12.7. The van der Waals surface area contributed by atoms with Gasteiger partial charge in [0.1, 0.15) is 5.69 Å². The van der Waals surface area contributed by atoms with Crippen molar-refractivity contribution in [3.05, 3.63) is 35.4 Å². The number of aromatic nitrogens is 4. The molecule has 136 valence electrons. The van der Waals surface area contributed by atoms with Gasteiger partial charge in [-0.3, -0.25) is 4.79 Å². The highest BCUT2D eigenvalue weighted by molar-refractivity contribution is 5.94. The smallest absolute Gasteiger partial charge is 0.270 e. The Hall–Kier alpha value is -2.77. The Balaban J connectivity index is 1.49. The number of hydrogen-bond donors (Lipinski definition) is 2. The first-order valence-electron chi connectivity index (χ1n) is 9.19. The summed E-state index contributed by atoms with van der Waals surface area (Å²) in [7, 11) is 0. The average molecular weight is 353 g/mol. The summed E-state index contributed by atoms with van der Waals surface area (Å²) in [5.41, 5.74) is 8.16. The molecular formula is C18H23N7O. The molecule has 0 bridgehead atoms. The molecule has 26 heavy (non-hydrogen) atoms. The van der Waals surface area contributed by atoms with E-state index in [9.17, 15) is 4.79 Å². The third-order valence-corrected chi connectivity index (χ3v) is 5.01. The predicted molar refractivity (Wildman–Crippen MR) is 97.8 cm³/mol. The summed E-state index contributed by atoms with van der Waals surface area (Å²) in [4.78, 5) is 32.2. The highest BCUT2D eigenvalue weighted by Crippen LogP contribution is 2.23. The Morgan fingerprint density at radius 2 is 1.96 bits per heavy atom. The van der Waals surface area contributed by atoms with E-state index in [0.29, 0.717) is 18.2 Å². The van der Waals surface area contributed by atoms with Crippen LogP contribution < -0.4 is 16.0 Å². The van der Waals surface area contributed by atoms with Crippen molar-refractivity contribution < 1.29 is 4.79 Å². The van der Waals surface area contributed by atoms with Crippen molar-refractivity contribution >= 4 is 17.8 Å². The third-order valence-electron chi connectivity index (χ3n) is 5.01. The molecule has 0 aromatic carbocycles. The Morgan fingerprint density at radius 1 is 1.15 bits per heavy atom. The summed E-state index contributed by atoms with van der Waals surface area (Å²) >= 11 is 0. The second-order valence-corrected chi connectivity index (χ2v) is 6.87. The zero-order valence-electron chi connectivity index (χ0n) is 14.7. The molecule has 1 atom stereocenters. The maximum Gasteiger partial charge on any atom is 0.270 e. The fraction of sp³-hybridized carbons (Fsp3) is 0.500. The van der Waals surface area contributed by atoms with Crippen molar-refractivity contribution in [2.45, 2.75) is 44.6 Å². The lowest BCUT2D eigenvalue weighted by molar-refractivity contribution is 0.0926. The van der Waals surface area contributed by atoms with Gasteiger partial charge in [0.2, 0.25) is 11.9 Å². The molecule has 2 aromatic heterocycles. The summed E-state index contributed by atoms with van der Waals surface area (Å²) < 4.78 is 0. The van der Waals surface area contributed by atoms with Crippen molar-refractivity contribution in [3.63, 3.8) is 0 Å². The summed E-state index contributed by atoms with van der Waals surface area (Å²) in [5, 5.41) is 3.13. The van der Waals surface area contributed by atoms with E-state index in [1.165, 1.54) is 0 Å². The van der Waals surface area contributed by atoms with Crippen LogP contribution in [0.3, 0.4) is 0 Å². The van der Waals surface area contributed by atoms with Gasteiger partial charge in [-0.15, -0.1) is 0 Å². The fourth-order valence-electron chi connectivity index (χ4n) is 3.79. The van der Waals surface area contributed by atoms with Crippen molar-refractivity contribution in [2.24, 2.45) is 0 Å². The molecule has 0 radical (unpaired) electrons. The molecule has 1 amide bonds. The van der Waals surface area contributed by atoms with Crippen LogP contribution in [0, 0.1) is 0 Å². The average Bonchev–Trinajstić information content (AvgIpc) is 2.68. The molecule has 4 rings (SSSR count). The van der Waals surface area contributed by atoms with Gasteiger partial charge in [-0.25, -0.2) is 19.9 Å². The second-order valence-electron chi connectivity index (χ2n) is 6.87. The first-order valence-corrected chi connectivity index (χ1v) is 9.19. The number of amides is 1. The lowest BCUT2D eigenvalue weighted by Gasteiger charge is -2.33. The van der Waals surface area contributed by atoms with E-state index in [2.05, 4.69) is 30.2 Å². The van der Waals surface area contributed by atoms with Crippen LogP contribution in [0.1, 0.15) is 47.4 Å². The van der Waals surface area contributed by atoms with E-state index in [1.54, 1.807) is 18.5 Å². The van der Waals surface area contributed by atoms with Gasteiger partial charge in [-0.1, -0.05) is 0 Å². The number of nitrogens with zero attached hydrogens (tertiary/aromatic N) is 5. The van der Waals surface area contributed by atoms with E-state index >= 15 is 0 Å². The minimum Gasteiger partial charge on any atom is -0.368 e. The van der Waals surface area contributed by atoms with E-state index in [0.717, 1.165) is 56.3 Å². The van der Waals surface area contributed by atoms with Gasteiger partial charge in [-0.05, 0) is 44.6 Å². The zero-order valence-corrected chi connectivity index (χ0v) is 14.7. The van der Waals surface area contributed by atoms with Gasteiger partial charge >= 0.3 is 0 Å². The summed E-state index contributed by atoms with van der Waals surface area (Å²) in [6.45, 7) is 1.59. The van der Waals surface area contributed by atoms with Crippen molar-refractivity contribution in [2.75, 3.05) is 23.7 Å². The van der Waals surface area contributed by atoms with Gasteiger partial charge in [-0.2, -0.15) is 0 Å². The summed E-state index contributed by atoms with van der Waals surface area (Å²) in [6, 6.07) is 1.84. The lowest BCUT2D eigenvalue weighted by atomic mass is 9.94. The van der Waals surface area contributed by atoms with Crippen LogP contribution >= 0.6 is 0 Å². The van der Waals surface area contributed by atoms with Gasteiger partial charge in [0.15, 0.2) is 0 Å². The topological polar surface area (TPSA) is 110 Å². The van der Waals surface area contributed by atoms with Crippen LogP contribution in [0.4, 0.5) is 11.9 Å². The minimum absolute atomic E-state index is 0.0375. The van der Waals surface area contributed by atoms with Crippen LogP contribution in [0.15, 0.2) is 18.5 Å². The summed E-state index contributed by atoms with van der Waals surface area (Å²) in [6.07, 6.45) is 9.23. The van der Waals surface area contributed by atoms with E-state index in [1.807, 2.05) is 0 Å². The molecular weight excluding hydrogens is 330 g/mol. The molecule has 0 saturated carbocycles. The number of fused-ring (bicyclic) bond motifs is 1. The molecule has 1 fully saturated rings. The van der Waals surface area contributed by atoms with Crippen molar-refractivity contribution in [1.82, 2.24) is 25.3 Å². The third kappa shape index (κ3) is 3.44. The number of hydrogen-bond acceptors (Lipinski definition) is 7. The molecule has 8 nitrogen and oxygen atoms in total. The van der Waals surface area contributed by atoms with E-state index in [4.69, 9.17) is 5.73 Å². The van der Waals surface area contributed by atoms with Crippen molar-refractivity contribution in [3.8, 4) is 0 Å². The number of anilines is 2. The number of carbonyl (C=O) groups is 1. The summed E-state index contributed by atoms with van der Waals surface area (Å²) in [5.74, 6) is 0.729. The van der Waals surface area contributed by atoms with Gasteiger partial charge in [0, 0.05) is 42.8 Å². The maximum atomic E-state index is 12.9. The largest absolute Gasteiger partial charge is 0.368 e. The number of piperidine rings is 1. The first kappa shape index (κ1) is 16.7. The molecule has 1 aliphatic heterocycles. The molecule has 1 saturated heterocycles. The standard InChI is InChI=1S/C18H23N7O/c19-17-23-14-7-2-1-6-13(14)15(24-17)16(26)22-12-5-3-10-25(11-12)18-20-8-4-9-21-18/h4,8-9,12H,1-3,5-7,10-11H2,(H,22,26)(H2,19,23,24)/t12-/m1/s1. The van der Waals surface area contributed by atoms with E-state index in [-0.39, 0.29) is 17.9 Å². The number of nitrogen functional groups attached to an aromatic ring is 1. The Kier molecular flexibility index (Phi) is 4.64. The number of nitrogens with two attached hydrogens (primary N) is 1. The van der Waals surface area contributed by atoms with Gasteiger partial charge in [0.25, 0.3) is 5.91 Å². The SMILES string of the molecule is Nc1nc2c(c(C(=O)N[C@@H]3CCCN(c4ncccn4)C3)n1)CCCC2. The minimum atomic E-state index is -0.155. The van der Waals surface area contributed by atoms with Crippen LogP contribution in [0.25, 0.3) is 0 Å². The number of carbonyl (C=O) groups excluding carboxylic acids is 1. The Bertz CT molecular complexity index is 796. The normalized spacial score (nSPS) is 19.7. The van der Waals surface area contributed by atoms with Crippen molar-refractivity contribution in [1.29, 1.82) is 0 Å². The van der Waals surface area contributed by atoms with Gasteiger partial charge in [0.05, 0.1) is 0 Å². The highest BCUT2D eigenvalue weighted by Gasteiger charge is 2.26. The molecule has 0 unspecified atom stereocenters. The fourth-order valence-corrected chi connectivity index (χ4v) is 3.79. The van der Waals surface area contributed by atoms with Crippen LogP contribution in [-0.4, -0.2) is 45.0 Å². The van der Waals surface area contributed by atoms with Crippen LogP contribution in [-0.2, 0) is 12.8 Å². The molecule has 0 spiro atoms. The maximum absolute atomic E-state index is 12.9. The molecule has 8 heteroatoms. The molecule has 2 aliphatic rings. The molecule has 2 aromatic rings.